The fourth-order valence-corrected chi connectivity index (χ4v) is 3.66. The summed E-state index contributed by atoms with van der Waals surface area (Å²) in [4.78, 5) is 0. The van der Waals surface area contributed by atoms with Gasteiger partial charge in [-0.25, -0.2) is 0 Å². The van der Waals surface area contributed by atoms with Gasteiger partial charge in [0.05, 0.1) is 0 Å². The van der Waals surface area contributed by atoms with Gasteiger partial charge in [0.1, 0.15) is 0 Å². The van der Waals surface area contributed by atoms with Crippen molar-refractivity contribution in [2.24, 2.45) is 11.3 Å². The molecule has 2 unspecified atom stereocenters. The molecule has 1 aliphatic carbocycles. The van der Waals surface area contributed by atoms with E-state index in [4.69, 9.17) is 0 Å². The van der Waals surface area contributed by atoms with E-state index in [-0.39, 0.29) is 0 Å². The Morgan fingerprint density at radius 2 is 1.22 bits per heavy atom. The molecule has 0 amide bonds. The zero-order valence-electron chi connectivity index (χ0n) is 13.3. The van der Waals surface area contributed by atoms with Gasteiger partial charge in [-0.1, -0.05) is 85.0 Å². The molecule has 2 atom stereocenters. The van der Waals surface area contributed by atoms with Crippen LogP contribution in [0.1, 0.15) is 104 Å². The molecule has 0 spiro atoms. The van der Waals surface area contributed by atoms with Crippen molar-refractivity contribution in [2.45, 2.75) is 104 Å². The lowest BCUT2D eigenvalue weighted by atomic mass is 9.91. The molecule has 1 aliphatic rings. The molecule has 1 saturated carbocycles. The van der Waals surface area contributed by atoms with E-state index in [0.717, 1.165) is 11.3 Å². The van der Waals surface area contributed by atoms with Crippen molar-refractivity contribution in [2.75, 3.05) is 0 Å². The van der Waals surface area contributed by atoms with Gasteiger partial charge < -0.3 is 0 Å². The molecule has 0 radical (unpaired) electrons. The lowest BCUT2D eigenvalue weighted by Gasteiger charge is -2.15. The molecule has 0 heteroatoms. The molecule has 18 heavy (non-hydrogen) atoms. The Kier molecular flexibility index (Phi) is 8.02. The van der Waals surface area contributed by atoms with Gasteiger partial charge in [-0.15, -0.1) is 0 Å². The van der Waals surface area contributed by atoms with Gasteiger partial charge in [0.15, 0.2) is 0 Å². The summed E-state index contributed by atoms with van der Waals surface area (Å²) in [7, 11) is 0. The Hall–Kier alpha value is 0. The van der Waals surface area contributed by atoms with Crippen molar-refractivity contribution >= 4 is 0 Å². The fourth-order valence-electron chi connectivity index (χ4n) is 3.66. The molecule has 0 N–H and O–H groups in total. The standard InChI is InChI=1S/C18H36/c1-4-6-7-8-9-10-11-12-13-15-18(14-5-2)16-17(18)3/h17H,4-16H2,1-3H3. The third kappa shape index (κ3) is 5.76. The zero-order chi connectivity index (χ0) is 13.3. The van der Waals surface area contributed by atoms with Gasteiger partial charge in [-0.2, -0.15) is 0 Å². The third-order valence-electron chi connectivity index (χ3n) is 5.12. The number of unbranched alkanes of at least 4 members (excludes halogenated alkanes) is 8. The Morgan fingerprint density at radius 3 is 1.67 bits per heavy atom. The highest BCUT2D eigenvalue weighted by atomic mass is 14.5. The Labute approximate surface area is 116 Å². The van der Waals surface area contributed by atoms with Gasteiger partial charge >= 0.3 is 0 Å². The number of hydrogen-bond donors (Lipinski definition) is 0. The minimum Gasteiger partial charge on any atom is -0.0654 e. The van der Waals surface area contributed by atoms with Crippen molar-refractivity contribution in [1.29, 1.82) is 0 Å². The van der Waals surface area contributed by atoms with Crippen LogP contribution in [0.3, 0.4) is 0 Å². The van der Waals surface area contributed by atoms with Crippen LogP contribution in [0.2, 0.25) is 0 Å². The lowest BCUT2D eigenvalue weighted by Crippen LogP contribution is -2.02. The molecule has 1 rings (SSSR count). The monoisotopic (exact) mass is 252 g/mol. The van der Waals surface area contributed by atoms with Crippen LogP contribution in [0.4, 0.5) is 0 Å². The van der Waals surface area contributed by atoms with Gasteiger partial charge in [0, 0.05) is 0 Å². The predicted octanol–water partition coefficient (Wildman–Crippen LogP) is 6.73. The number of rotatable bonds is 12. The van der Waals surface area contributed by atoms with E-state index in [9.17, 15) is 0 Å². The van der Waals surface area contributed by atoms with Crippen LogP contribution in [0.5, 0.6) is 0 Å². The van der Waals surface area contributed by atoms with Crippen LogP contribution in [-0.2, 0) is 0 Å². The molecule has 0 bridgehead atoms. The van der Waals surface area contributed by atoms with E-state index in [0.29, 0.717) is 0 Å². The smallest absolute Gasteiger partial charge is 0.0269 e. The summed E-state index contributed by atoms with van der Waals surface area (Å²) in [6, 6.07) is 0. The first kappa shape index (κ1) is 16.1. The molecule has 108 valence electrons. The highest BCUT2D eigenvalue weighted by molar-refractivity contribution is 4.98. The molecule has 1 fully saturated rings. The third-order valence-corrected chi connectivity index (χ3v) is 5.12. The van der Waals surface area contributed by atoms with Crippen LogP contribution in [0.25, 0.3) is 0 Å². The summed E-state index contributed by atoms with van der Waals surface area (Å²) in [5.74, 6) is 1.03. The van der Waals surface area contributed by atoms with Crippen LogP contribution in [0, 0.1) is 11.3 Å². The molecule has 0 aliphatic heterocycles. The van der Waals surface area contributed by atoms with Crippen molar-refractivity contribution in [3.05, 3.63) is 0 Å². The summed E-state index contributed by atoms with van der Waals surface area (Å²) in [6.45, 7) is 7.11. The first-order chi connectivity index (χ1) is 8.75. The largest absolute Gasteiger partial charge is 0.0654 e. The fraction of sp³-hybridized carbons (Fsp3) is 1.00. The van der Waals surface area contributed by atoms with Crippen molar-refractivity contribution in [3.63, 3.8) is 0 Å². The van der Waals surface area contributed by atoms with E-state index in [1.54, 1.807) is 0 Å². The van der Waals surface area contributed by atoms with Crippen molar-refractivity contribution in [3.8, 4) is 0 Å². The van der Waals surface area contributed by atoms with E-state index in [2.05, 4.69) is 20.8 Å². The minimum absolute atomic E-state index is 0.801. The summed E-state index contributed by atoms with van der Waals surface area (Å²) >= 11 is 0. The Bertz CT molecular complexity index is 196. The van der Waals surface area contributed by atoms with E-state index in [1.165, 1.54) is 83.5 Å². The normalized spacial score (nSPS) is 26.5. The summed E-state index contributed by atoms with van der Waals surface area (Å²) in [5, 5.41) is 0. The van der Waals surface area contributed by atoms with Gasteiger partial charge in [0.2, 0.25) is 0 Å². The number of hydrogen-bond acceptors (Lipinski definition) is 0. The minimum atomic E-state index is 0.801. The first-order valence-electron chi connectivity index (χ1n) is 8.75. The van der Waals surface area contributed by atoms with Crippen LogP contribution in [0.15, 0.2) is 0 Å². The topological polar surface area (TPSA) is 0 Å². The first-order valence-corrected chi connectivity index (χ1v) is 8.75. The highest BCUT2D eigenvalue weighted by Gasteiger charge is 2.48. The maximum atomic E-state index is 2.46. The average Bonchev–Trinajstić information content (AvgIpc) is 2.98. The van der Waals surface area contributed by atoms with Crippen molar-refractivity contribution in [1.82, 2.24) is 0 Å². The van der Waals surface area contributed by atoms with Gasteiger partial charge in [-0.05, 0) is 30.6 Å². The Balaban J connectivity index is 1.87. The molecule has 0 heterocycles. The summed E-state index contributed by atoms with van der Waals surface area (Å²) in [5.41, 5.74) is 0.801. The molecular weight excluding hydrogens is 216 g/mol. The van der Waals surface area contributed by atoms with Crippen LogP contribution in [-0.4, -0.2) is 0 Å². The average molecular weight is 252 g/mol. The lowest BCUT2D eigenvalue weighted by molar-refractivity contribution is 0.369. The van der Waals surface area contributed by atoms with Crippen LogP contribution < -0.4 is 0 Å². The zero-order valence-corrected chi connectivity index (χ0v) is 13.3. The van der Waals surface area contributed by atoms with E-state index < -0.39 is 0 Å². The second-order valence-electron chi connectivity index (χ2n) is 6.80. The highest BCUT2D eigenvalue weighted by Crippen LogP contribution is 2.58. The molecule has 0 nitrogen and oxygen atoms in total. The van der Waals surface area contributed by atoms with Crippen molar-refractivity contribution < 1.29 is 0 Å². The quantitative estimate of drug-likeness (QED) is 0.338. The van der Waals surface area contributed by atoms with E-state index >= 15 is 0 Å². The molecule has 0 saturated heterocycles. The van der Waals surface area contributed by atoms with Gasteiger partial charge in [-0.3, -0.25) is 0 Å². The van der Waals surface area contributed by atoms with Gasteiger partial charge in [0.25, 0.3) is 0 Å². The maximum Gasteiger partial charge on any atom is -0.0269 e. The van der Waals surface area contributed by atoms with Crippen LogP contribution >= 0.6 is 0 Å². The Morgan fingerprint density at radius 1 is 0.722 bits per heavy atom. The molecule has 0 aromatic rings. The maximum absolute atomic E-state index is 2.46. The molecular formula is C18H36. The predicted molar refractivity (Wildman–Crippen MR) is 83.0 cm³/mol. The SMILES string of the molecule is CCCCCCCCCCCC1(CCC)CC1C. The summed E-state index contributed by atoms with van der Waals surface area (Å²) in [6.07, 6.45) is 19.1. The van der Waals surface area contributed by atoms with E-state index in [1.807, 2.05) is 0 Å². The molecule has 0 aromatic carbocycles. The summed E-state index contributed by atoms with van der Waals surface area (Å²) < 4.78 is 0. The second kappa shape index (κ2) is 8.99. The second-order valence-corrected chi connectivity index (χ2v) is 6.80. The molecule has 0 aromatic heterocycles.